The molecule has 32 heavy (non-hydrogen) atoms. The lowest BCUT2D eigenvalue weighted by atomic mass is 9.95. The lowest BCUT2D eigenvalue weighted by Gasteiger charge is -2.26. The maximum Gasteiger partial charge on any atom is 0.338 e. The highest BCUT2D eigenvalue weighted by molar-refractivity contribution is 7.07. The lowest BCUT2D eigenvalue weighted by molar-refractivity contribution is -0.139. The lowest BCUT2D eigenvalue weighted by Crippen LogP contribution is -2.40. The molecule has 1 aliphatic rings. The van der Waals surface area contributed by atoms with E-state index in [9.17, 15) is 9.59 Å². The fourth-order valence-corrected chi connectivity index (χ4v) is 4.67. The van der Waals surface area contributed by atoms with Crippen LogP contribution in [0.2, 0.25) is 0 Å². The molecule has 0 amide bonds. The van der Waals surface area contributed by atoms with Crippen molar-refractivity contribution in [2.45, 2.75) is 19.9 Å². The minimum atomic E-state index is -0.797. The van der Waals surface area contributed by atoms with Crippen molar-refractivity contribution in [2.75, 3.05) is 20.8 Å². The molecule has 1 atom stereocenters. The van der Waals surface area contributed by atoms with E-state index in [2.05, 4.69) is 4.99 Å². The molecule has 0 fully saturated rings. The molecule has 4 rings (SSSR count). The number of hydrogen-bond acceptors (Lipinski definition) is 8. The minimum Gasteiger partial charge on any atom is -0.497 e. The van der Waals surface area contributed by atoms with E-state index >= 15 is 0 Å². The number of ether oxygens (including phenoxy) is 3. The Morgan fingerprint density at radius 3 is 2.75 bits per heavy atom. The predicted molar refractivity (Wildman–Crippen MR) is 119 cm³/mol. The van der Waals surface area contributed by atoms with E-state index in [1.54, 1.807) is 57.4 Å². The van der Waals surface area contributed by atoms with E-state index in [0.717, 1.165) is 0 Å². The second-order valence-corrected chi connectivity index (χ2v) is 7.93. The van der Waals surface area contributed by atoms with Crippen molar-refractivity contribution >= 4 is 23.4 Å². The van der Waals surface area contributed by atoms with Crippen molar-refractivity contribution < 1.29 is 23.4 Å². The molecule has 1 aromatic carbocycles. The molecule has 0 bridgehead atoms. The molecule has 9 heteroatoms. The van der Waals surface area contributed by atoms with Crippen LogP contribution >= 0.6 is 11.3 Å². The highest BCUT2D eigenvalue weighted by Crippen LogP contribution is 2.37. The molecule has 3 aromatic rings. The third-order valence-corrected chi connectivity index (χ3v) is 6.05. The average molecular weight is 455 g/mol. The van der Waals surface area contributed by atoms with Gasteiger partial charge in [0, 0.05) is 11.6 Å². The molecule has 0 N–H and O–H groups in total. The van der Waals surface area contributed by atoms with E-state index in [-0.39, 0.29) is 17.7 Å². The van der Waals surface area contributed by atoms with Crippen LogP contribution in [0.3, 0.4) is 0 Å². The maximum absolute atomic E-state index is 13.5. The first-order valence-electron chi connectivity index (χ1n) is 9.93. The summed E-state index contributed by atoms with van der Waals surface area (Å²) in [6, 6.07) is 7.96. The Bertz CT molecular complexity index is 1360. The summed E-state index contributed by atoms with van der Waals surface area (Å²) in [6.07, 6.45) is 3.20. The van der Waals surface area contributed by atoms with Gasteiger partial charge in [-0.3, -0.25) is 9.36 Å². The van der Waals surface area contributed by atoms with Gasteiger partial charge in [0.2, 0.25) is 0 Å². The SMILES string of the molecule is CCOC(=O)C1=C(C)N=c2s/c(=C\c3ccco3)c(=O)n2[C@H]1c1cc(OC)ccc1OC. The number of benzene rings is 1. The Hall–Kier alpha value is -3.59. The summed E-state index contributed by atoms with van der Waals surface area (Å²) in [5.74, 6) is 1.08. The van der Waals surface area contributed by atoms with Crippen LogP contribution in [-0.4, -0.2) is 31.4 Å². The zero-order valence-corrected chi connectivity index (χ0v) is 18.9. The fourth-order valence-electron chi connectivity index (χ4n) is 3.64. The highest BCUT2D eigenvalue weighted by atomic mass is 32.1. The summed E-state index contributed by atoms with van der Waals surface area (Å²) in [7, 11) is 3.08. The minimum absolute atomic E-state index is 0.195. The number of nitrogens with zero attached hydrogens (tertiary/aromatic N) is 2. The number of thiazole rings is 1. The Morgan fingerprint density at radius 2 is 2.09 bits per heavy atom. The van der Waals surface area contributed by atoms with Gasteiger partial charge in [-0.25, -0.2) is 9.79 Å². The van der Waals surface area contributed by atoms with Gasteiger partial charge in [0.25, 0.3) is 5.56 Å². The number of esters is 1. The molecule has 1 aliphatic heterocycles. The topological polar surface area (TPSA) is 92.3 Å². The highest BCUT2D eigenvalue weighted by Gasteiger charge is 2.35. The predicted octanol–water partition coefficient (Wildman–Crippen LogP) is 2.41. The van der Waals surface area contributed by atoms with Crippen molar-refractivity contribution in [3.05, 3.63) is 78.9 Å². The quantitative estimate of drug-likeness (QED) is 0.531. The van der Waals surface area contributed by atoms with Gasteiger partial charge in [0.15, 0.2) is 4.80 Å². The Labute approximate surface area is 187 Å². The number of aromatic nitrogens is 1. The molecule has 2 aromatic heterocycles. The number of methoxy groups -OCH3 is 2. The first-order chi connectivity index (χ1) is 15.5. The molecule has 0 saturated heterocycles. The van der Waals surface area contributed by atoms with Gasteiger partial charge < -0.3 is 18.6 Å². The van der Waals surface area contributed by atoms with Crippen LogP contribution in [0.15, 0.2) is 62.1 Å². The van der Waals surface area contributed by atoms with E-state index in [1.807, 2.05) is 0 Å². The monoisotopic (exact) mass is 454 g/mol. The van der Waals surface area contributed by atoms with Gasteiger partial charge in [-0.2, -0.15) is 0 Å². The number of hydrogen-bond donors (Lipinski definition) is 0. The first-order valence-corrected chi connectivity index (χ1v) is 10.7. The molecule has 0 unspecified atom stereocenters. The maximum atomic E-state index is 13.5. The zero-order chi connectivity index (χ0) is 22.8. The van der Waals surface area contributed by atoms with Crippen molar-refractivity contribution in [1.82, 2.24) is 4.57 Å². The molecular weight excluding hydrogens is 432 g/mol. The van der Waals surface area contributed by atoms with Gasteiger partial charge in [0.05, 0.1) is 42.9 Å². The fraction of sp³-hybridized carbons (Fsp3) is 0.261. The van der Waals surface area contributed by atoms with Crippen LogP contribution in [0.1, 0.15) is 31.2 Å². The number of furan rings is 1. The summed E-state index contributed by atoms with van der Waals surface area (Å²) in [4.78, 5) is 31.5. The second-order valence-electron chi connectivity index (χ2n) is 6.93. The molecule has 3 heterocycles. The number of carbonyl (C=O) groups is 1. The number of fused-ring (bicyclic) bond motifs is 1. The first kappa shape index (κ1) is 21.6. The second kappa shape index (κ2) is 8.88. The third kappa shape index (κ3) is 3.75. The summed E-state index contributed by atoms with van der Waals surface area (Å²) >= 11 is 1.22. The molecule has 8 nitrogen and oxygen atoms in total. The van der Waals surface area contributed by atoms with Crippen molar-refractivity contribution in [3.8, 4) is 11.5 Å². The number of allylic oxidation sites excluding steroid dienone is 1. The molecule has 0 spiro atoms. The van der Waals surface area contributed by atoms with Crippen LogP contribution in [0.25, 0.3) is 6.08 Å². The average Bonchev–Trinajstić information content (AvgIpc) is 3.40. The van der Waals surface area contributed by atoms with E-state index < -0.39 is 12.0 Å². The van der Waals surface area contributed by atoms with Crippen molar-refractivity contribution in [3.63, 3.8) is 0 Å². The van der Waals surface area contributed by atoms with Gasteiger partial charge >= 0.3 is 5.97 Å². The smallest absolute Gasteiger partial charge is 0.338 e. The summed E-state index contributed by atoms with van der Waals surface area (Å²) in [5.41, 5.74) is 1.05. The Morgan fingerprint density at radius 1 is 1.28 bits per heavy atom. The number of rotatable bonds is 6. The standard InChI is InChI=1S/C23H22N2O6S/c1-5-30-22(27)19-13(2)24-23-25(21(26)18(32-23)12-15-7-6-10-31-15)20(19)16-11-14(28-3)8-9-17(16)29-4/h6-12,20H,5H2,1-4H3/b18-12-/t20-/m0/s1. The number of carbonyl (C=O) groups excluding carboxylic acids is 1. The molecular formula is C23H22N2O6S. The van der Waals surface area contributed by atoms with Crippen molar-refractivity contribution in [2.24, 2.45) is 4.99 Å². The van der Waals surface area contributed by atoms with E-state index in [0.29, 0.717) is 37.9 Å². The molecule has 0 aliphatic carbocycles. The molecule has 0 radical (unpaired) electrons. The summed E-state index contributed by atoms with van der Waals surface area (Å²) in [6.45, 7) is 3.66. The van der Waals surface area contributed by atoms with Crippen LogP contribution in [0.4, 0.5) is 0 Å². The van der Waals surface area contributed by atoms with Crippen LogP contribution in [0, 0.1) is 0 Å². The molecule has 0 saturated carbocycles. The third-order valence-electron chi connectivity index (χ3n) is 5.07. The molecule has 166 valence electrons. The zero-order valence-electron chi connectivity index (χ0n) is 18.1. The van der Waals surface area contributed by atoms with Crippen LogP contribution in [-0.2, 0) is 9.53 Å². The Balaban J connectivity index is 2.03. The van der Waals surface area contributed by atoms with E-state index in [1.165, 1.54) is 29.3 Å². The van der Waals surface area contributed by atoms with Crippen molar-refractivity contribution in [1.29, 1.82) is 0 Å². The van der Waals surface area contributed by atoms with Gasteiger partial charge in [-0.15, -0.1) is 0 Å². The van der Waals surface area contributed by atoms with Gasteiger partial charge in [-0.05, 0) is 44.2 Å². The summed E-state index contributed by atoms with van der Waals surface area (Å²) in [5, 5.41) is 0. The largest absolute Gasteiger partial charge is 0.497 e. The van der Waals surface area contributed by atoms with E-state index in [4.69, 9.17) is 18.6 Å². The summed E-state index contributed by atoms with van der Waals surface area (Å²) < 4.78 is 23.6. The Kier molecular flexibility index (Phi) is 6.00. The van der Waals surface area contributed by atoms with Crippen LogP contribution in [0.5, 0.6) is 11.5 Å². The van der Waals surface area contributed by atoms with Gasteiger partial charge in [-0.1, -0.05) is 11.3 Å². The van der Waals surface area contributed by atoms with Gasteiger partial charge in [0.1, 0.15) is 23.3 Å². The normalized spacial score (nSPS) is 15.9. The van der Waals surface area contributed by atoms with Crippen LogP contribution < -0.4 is 24.4 Å².